The van der Waals surface area contributed by atoms with Gasteiger partial charge in [0.15, 0.2) is 0 Å². The van der Waals surface area contributed by atoms with Crippen LogP contribution in [0.3, 0.4) is 0 Å². The summed E-state index contributed by atoms with van der Waals surface area (Å²) in [5.41, 5.74) is -1.62. The van der Waals surface area contributed by atoms with Crippen LogP contribution in [-0.2, 0) is 19.1 Å². The Bertz CT molecular complexity index is 1390. The van der Waals surface area contributed by atoms with Crippen molar-refractivity contribution in [3.05, 3.63) is 66.8 Å². The third-order valence-corrected chi connectivity index (χ3v) is 8.86. The topological polar surface area (TPSA) is 90.4 Å². The van der Waals surface area contributed by atoms with Crippen LogP contribution in [0.2, 0.25) is 0 Å². The van der Waals surface area contributed by atoms with Gasteiger partial charge in [0, 0.05) is 25.8 Å². The summed E-state index contributed by atoms with van der Waals surface area (Å²) in [7, 11) is 1.73. The zero-order valence-corrected chi connectivity index (χ0v) is 21.9. The number of amides is 3. The summed E-state index contributed by atoms with van der Waals surface area (Å²) >= 11 is 0. The molecule has 4 aliphatic rings. The monoisotopic (exact) mass is 515 g/mol. The Labute approximate surface area is 222 Å². The van der Waals surface area contributed by atoms with Crippen molar-refractivity contribution < 1.29 is 24.2 Å². The number of carbonyl (C=O) groups is 3. The quantitative estimate of drug-likeness (QED) is 0.632. The van der Waals surface area contributed by atoms with E-state index in [1.54, 1.807) is 23.8 Å². The molecule has 6 rings (SSSR count). The van der Waals surface area contributed by atoms with E-state index in [9.17, 15) is 19.5 Å². The average Bonchev–Trinajstić information content (AvgIpc) is 3.24. The smallest absolute Gasteiger partial charge is 0.253 e. The number of hydrogen-bond acceptors (Lipinski definition) is 5. The van der Waals surface area contributed by atoms with Gasteiger partial charge in [0.25, 0.3) is 5.91 Å². The summed E-state index contributed by atoms with van der Waals surface area (Å²) in [5, 5.41) is 12.2. The maximum atomic E-state index is 14.5. The second-order valence-corrected chi connectivity index (χ2v) is 10.9. The van der Waals surface area contributed by atoms with Crippen LogP contribution in [0.4, 0.5) is 5.69 Å². The molecule has 0 aromatic heterocycles. The number of hydrogen-bond donors (Lipinski definition) is 1. The van der Waals surface area contributed by atoms with Gasteiger partial charge in [0.2, 0.25) is 11.8 Å². The van der Waals surface area contributed by atoms with Crippen LogP contribution < -0.4 is 4.90 Å². The van der Waals surface area contributed by atoms with Crippen LogP contribution in [-0.4, -0.2) is 82.7 Å². The van der Waals surface area contributed by atoms with Crippen molar-refractivity contribution in [2.45, 2.75) is 43.6 Å². The van der Waals surface area contributed by atoms with Crippen molar-refractivity contribution in [2.75, 3.05) is 31.6 Å². The Kier molecular flexibility index (Phi) is 5.74. The van der Waals surface area contributed by atoms with Crippen LogP contribution in [0.25, 0.3) is 10.8 Å². The van der Waals surface area contributed by atoms with E-state index >= 15 is 0 Å². The number of ether oxygens (including phenoxy) is 1. The van der Waals surface area contributed by atoms with E-state index in [-0.39, 0.29) is 24.3 Å². The van der Waals surface area contributed by atoms with Crippen molar-refractivity contribution in [2.24, 2.45) is 11.8 Å². The molecule has 2 aromatic carbocycles. The second kappa shape index (κ2) is 8.78. The molecule has 0 saturated carbocycles. The minimum atomic E-state index is -1.33. The highest BCUT2D eigenvalue weighted by Crippen LogP contribution is 2.58. The first-order valence-corrected chi connectivity index (χ1v) is 13.3. The molecule has 0 aliphatic carbocycles. The Morgan fingerprint density at radius 2 is 1.71 bits per heavy atom. The van der Waals surface area contributed by atoms with E-state index in [0.717, 1.165) is 16.5 Å². The first-order valence-electron chi connectivity index (χ1n) is 13.3. The molecule has 1 unspecified atom stereocenters. The molecule has 4 heterocycles. The van der Waals surface area contributed by atoms with Gasteiger partial charge >= 0.3 is 0 Å². The van der Waals surface area contributed by atoms with E-state index in [1.165, 1.54) is 4.90 Å². The van der Waals surface area contributed by atoms with Gasteiger partial charge in [-0.1, -0.05) is 61.6 Å². The molecule has 1 N–H and O–H groups in total. The lowest BCUT2D eigenvalue weighted by Gasteiger charge is -2.40. The first kappa shape index (κ1) is 24.8. The van der Waals surface area contributed by atoms with E-state index in [2.05, 4.69) is 0 Å². The molecule has 0 radical (unpaired) electrons. The molecular weight excluding hydrogens is 482 g/mol. The molecule has 2 saturated heterocycles. The first-order chi connectivity index (χ1) is 18.3. The third-order valence-electron chi connectivity index (χ3n) is 8.86. The van der Waals surface area contributed by atoms with Crippen molar-refractivity contribution >= 4 is 34.2 Å². The van der Waals surface area contributed by atoms with Gasteiger partial charge in [0.05, 0.1) is 30.1 Å². The van der Waals surface area contributed by atoms with Gasteiger partial charge in [0.1, 0.15) is 11.6 Å². The molecule has 1 spiro atoms. The van der Waals surface area contributed by atoms with Crippen molar-refractivity contribution in [1.29, 1.82) is 0 Å². The van der Waals surface area contributed by atoms with E-state index in [0.29, 0.717) is 19.5 Å². The van der Waals surface area contributed by atoms with Crippen molar-refractivity contribution in [1.82, 2.24) is 9.80 Å². The summed E-state index contributed by atoms with van der Waals surface area (Å²) < 4.78 is 6.90. The van der Waals surface area contributed by atoms with Crippen molar-refractivity contribution in [3.63, 3.8) is 0 Å². The zero-order chi connectivity index (χ0) is 26.8. The largest absolute Gasteiger partial charge is 0.394 e. The van der Waals surface area contributed by atoms with Gasteiger partial charge in [-0.3, -0.25) is 14.4 Å². The summed E-state index contributed by atoms with van der Waals surface area (Å²) in [6, 6.07) is 12.2. The highest BCUT2D eigenvalue weighted by Gasteiger charge is 2.75. The standard InChI is InChI=1S/C30H33N3O5/c1-4-29-13-7-15-31(3)26(35)23(29)24-27(36)33(19(2)18-34)25-28(37)32(16-8-14-30(24,25)38-29)22-12-11-20-9-5-6-10-21(20)17-22/h5-14,17,19,23-25,34H,4,15-16,18H2,1-3H3/t19-,23-,24+,25?,29+,30+/m1/s1. The number of fused-ring (bicyclic) bond motifs is 3. The number of aliphatic hydroxyl groups excluding tert-OH is 1. The summed E-state index contributed by atoms with van der Waals surface area (Å²) in [6.07, 6.45) is 8.04. The Morgan fingerprint density at radius 1 is 0.974 bits per heavy atom. The number of nitrogens with zero attached hydrogens (tertiary/aromatic N) is 3. The van der Waals surface area contributed by atoms with E-state index in [4.69, 9.17) is 4.74 Å². The molecule has 0 bridgehead atoms. The van der Waals surface area contributed by atoms with Gasteiger partial charge in [-0.05, 0) is 36.2 Å². The van der Waals surface area contributed by atoms with Crippen molar-refractivity contribution in [3.8, 4) is 0 Å². The van der Waals surface area contributed by atoms with Crippen LogP contribution in [0.5, 0.6) is 0 Å². The highest BCUT2D eigenvalue weighted by atomic mass is 16.5. The lowest BCUT2D eigenvalue weighted by Crippen LogP contribution is -2.58. The Balaban J connectivity index is 1.51. The molecule has 3 amide bonds. The average molecular weight is 516 g/mol. The molecule has 8 nitrogen and oxygen atoms in total. The summed E-state index contributed by atoms with van der Waals surface area (Å²) in [6.45, 7) is 4.09. The zero-order valence-electron chi connectivity index (χ0n) is 21.9. The Hall–Kier alpha value is -3.49. The van der Waals surface area contributed by atoms with Crippen LogP contribution in [0, 0.1) is 11.8 Å². The second-order valence-electron chi connectivity index (χ2n) is 10.9. The molecule has 198 valence electrons. The van der Waals surface area contributed by atoms with Crippen LogP contribution in [0.1, 0.15) is 20.3 Å². The Morgan fingerprint density at radius 3 is 2.45 bits per heavy atom. The normalized spacial score (nSPS) is 33.3. The minimum Gasteiger partial charge on any atom is -0.394 e. The third kappa shape index (κ3) is 3.26. The van der Waals surface area contributed by atoms with Gasteiger partial charge in [-0.25, -0.2) is 0 Å². The molecule has 8 heteroatoms. The van der Waals surface area contributed by atoms with Crippen LogP contribution in [0.15, 0.2) is 66.8 Å². The highest BCUT2D eigenvalue weighted by molar-refractivity contribution is 6.06. The summed E-state index contributed by atoms with van der Waals surface area (Å²) in [5.74, 6) is -2.43. The fourth-order valence-electron chi connectivity index (χ4n) is 6.96. The SMILES string of the molecule is CC[C@]12C=CCN(C)C(=O)[C@H]1[C@H]1C(=O)N([C@H](C)CO)C3C(=O)N(c4ccc5ccccc5c4)CC=C[C@@]31O2. The fourth-order valence-corrected chi connectivity index (χ4v) is 6.96. The molecular formula is C30H33N3O5. The lowest BCUT2D eigenvalue weighted by molar-refractivity contribution is -0.151. The minimum absolute atomic E-state index is 0.166. The van der Waals surface area contributed by atoms with E-state index in [1.807, 2.05) is 73.7 Å². The lowest BCUT2D eigenvalue weighted by atomic mass is 9.73. The molecule has 4 aliphatic heterocycles. The number of rotatable bonds is 4. The maximum absolute atomic E-state index is 14.5. The molecule has 2 aromatic rings. The van der Waals surface area contributed by atoms with Crippen LogP contribution >= 0.6 is 0 Å². The number of aliphatic hydroxyl groups is 1. The van der Waals surface area contributed by atoms with Gasteiger partial charge < -0.3 is 24.5 Å². The molecule has 2 fully saturated rings. The number of likely N-dealkylation sites (N-methyl/N-ethyl adjacent to an activating group) is 1. The van der Waals surface area contributed by atoms with Gasteiger partial charge in [-0.2, -0.15) is 0 Å². The number of likely N-dealkylation sites (tertiary alicyclic amines) is 1. The molecule has 6 atom stereocenters. The predicted molar refractivity (Wildman–Crippen MR) is 143 cm³/mol. The fraction of sp³-hybridized carbons (Fsp3) is 0.433. The van der Waals surface area contributed by atoms with E-state index < -0.39 is 35.1 Å². The molecule has 38 heavy (non-hydrogen) atoms. The summed E-state index contributed by atoms with van der Waals surface area (Å²) in [4.78, 5) is 47.2. The van der Waals surface area contributed by atoms with Gasteiger partial charge in [-0.15, -0.1) is 0 Å². The maximum Gasteiger partial charge on any atom is 0.253 e. The number of anilines is 1. The number of carbonyl (C=O) groups excluding carboxylic acids is 3. The predicted octanol–water partition coefficient (Wildman–Crippen LogP) is 2.51. The number of benzene rings is 2.